The fraction of sp³-hybridized carbons (Fsp3) is 0.673. The fourth-order valence-corrected chi connectivity index (χ4v) is 9.82. The van der Waals surface area contributed by atoms with E-state index in [1.807, 2.05) is 6.92 Å². The van der Waals surface area contributed by atoms with E-state index in [1.165, 1.54) is 46.2 Å². The van der Waals surface area contributed by atoms with Gasteiger partial charge < -0.3 is 22.6 Å². The van der Waals surface area contributed by atoms with Crippen LogP contribution in [0.5, 0.6) is 17.2 Å². The molecule has 0 amide bonds. The molecule has 8 heteroatoms. The minimum atomic E-state index is -1.65. The number of aryl methyl sites for hydroxylation is 2. The van der Waals surface area contributed by atoms with Crippen molar-refractivity contribution in [2.24, 2.45) is 5.41 Å². The van der Waals surface area contributed by atoms with Gasteiger partial charge in [-0.25, -0.2) is 0 Å². The minimum Gasteiger partial charge on any atom is -0.426 e. The average molecular weight is 909 g/mol. The van der Waals surface area contributed by atoms with E-state index in [0.717, 1.165) is 54.4 Å². The topological polar surface area (TPSA) is 55.4 Å². The van der Waals surface area contributed by atoms with Crippen LogP contribution in [0.2, 0.25) is 0 Å². The molecule has 0 atom stereocenters. The highest BCUT2D eigenvalue weighted by Crippen LogP contribution is 2.52. The van der Waals surface area contributed by atoms with Crippen molar-refractivity contribution in [2.75, 3.05) is 19.8 Å². The summed E-state index contributed by atoms with van der Waals surface area (Å²) in [6, 6.07) is 15.6. The molecule has 1 fully saturated rings. The molecule has 0 aliphatic carbocycles. The van der Waals surface area contributed by atoms with Gasteiger partial charge in [0.05, 0.1) is 19.8 Å². The number of rotatable bonds is 12. The molecule has 0 spiro atoms. The van der Waals surface area contributed by atoms with Gasteiger partial charge in [0.15, 0.2) is 0 Å². The summed E-state index contributed by atoms with van der Waals surface area (Å²) in [4.78, 5) is 0. The number of unbranched alkanes of at least 4 members (excludes halogenated alkanes) is 1. The SMILES string of the molecule is CCCCC1(CC)COP(Oc2ccc(C(C)(C)C)cc2C(C)(C)C)OC1.CCOP(Oc1c(C)cc(C(C)(C)C)cc1C(C)(C)C)Oc1c(C)cc(C(C)(C)C)cc1C(C)(C)C. The highest BCUT2D eigenvalue weighted by Gasteiger charge is 2.38. The average Bonchev–Trinajstić information content (AvgIpc) is 3.14. The first-order valence-corrected chi connectivity index (χ1v) is 25.8. The lowest BCUT2D eigenvalue weighted by molar-refractivity contribution is 0.00796. The minimum absolute atomic E-state index is 0.00395. The van der Waals surface area contributed by atoms with Crippen molar-refractivity contribution >= 4 is 17.2 Å². The molecule has 0 bridgehead atoms. The van der Waals surface area contributed by atoms with Crippen LogP contribution in [0.4, 0.5) is 0 Å². The molecule has 0 N–H and O–H groups in total. The Bertz CT molecular complexity index is 1850. The molecule has 1 aliphatic rings. The van der Waals surface area contributed by atoms with Crippen molar-refractivity contribution in [2.45, 2.75) is 217 Å². The van der Waals surface area contributed by atoms with Crippen LogP contribution in [-0.4, -0.2) is 19.8 Å². The molecule has 4 rings (SSSR count). The molecule has 63 heavy (non-hydrogen) atoms. The number of hydrogen-bond acceptors (Lipinski definition) is 6. The predicted octanol–water partition coefficient (Wildman–Crippen LogP) is 17.7. The summed E-state index contributed by atoms with van der Waals surface area (Å²) in [6.07, 6.45) is 4.68. The van der Waals surface area contributed by atoms with Gasteiger partial charge in [-0.3, -0.25) is 4.52 Å². The number of hydrogen-bond donors (Lipinski definition) is 0. The van der Waals surface area contributed by atoms with E-state index in [1.54, 1.807) is 0 Å². The smallest absolute Gasteiger partial charge is 0.426 e. The van der Waals surface area contributed by atoms with Crippen molar-refractivity contribution in [3.8, 4) is 17.2 Å². The maximum absolute atomic E-state index is 6.66. The predicted molar refractivity (Wildman–Crippen MR) is 273 cm³/mol. The third-order valence-electron chi connectivity index (χ3n) is 12.1. The Morgan fingerprint density at radius 2 is 0.968 bits per heavy atom. The summed E-state index contributed by atoms with van der Waals surface area (Å²) < 4.78 is 37.8. The lowest BCUT2D eigenvalue weighted by atomic mass is 9.79. The third-order valence-corrected chi connectivity index (χ3v) is 14.2. The van der Waals surface area contributed by atoms with E-state index < -0.39 is 17.2 Å². The summed E-state index contributed by atoms with van der Waals surface area (Å²) in [5.74, 6) is 2.63. The zero-order valence-electron chi connectivity index (χ0n) is 44.3. The molecule has 0 unspecified atom stereocenters. The molecule has 3 aromatic carbocycles. The maximum Gasteiger partial charge on any atom is 0.463 e. The first kappa shape index (κ1) is 55.1. The van der Waals surface area contributed by atoms with Crippen molar-refractivity contribution in [1.82, 2.24) is 0 Å². The Morgan fingerprint density at radius 1 is 0.556 bits per heavy atom. The summed E-state index contributed by atoms with van der Waals surface area (Å²) in [7, 11) is -2.98. The second kappa shape index (κ2) is 21.2. The second-order valence-corrected chi connectivity index (χ2v) is 26.4. The van der Waals surface area contributed by atoms with Gasteiger partial charge in [-0.2, -0.15) is 0 Å². The van der Waals surface area contributed by atoms with Crippen LogP contribution >= 0.6 is 17.2 Å². The summed E-state index contributed by atoms with van der Waals surface area (Å²) in [5.41, 5.74) is 9.92. The Hall–Kier alpha value is -2.20. The monoisotopic (exact) mass is 909 g/mol. The first-order valence-electron chi connectivity index (χ1n) is 23.7. The second-order valence-electron chi connectivity index (χ2n) is 24.2. The van der Waals surface area contributed by atoms with Crippen LogP contribution in [-0.2, 0) is 46.1 Å². The Morgan fingerprint density at radius 3 is 1.32 bits per heavy atom. The van der Waals surface area contributed by atoms with Gasteiger partial charge in [-0.15, -0.1) is 0 Å². The van der Waals surface area contributed by atoms with Gasteiger partial charge in [0.25, 0.3) is 0 Å². The Labute approximate surface area is 389 Å². The normalized spacial score (nSPS) is 17.9. The van der Waals surface area contributed by atoms with Gasteiger partial charge in [0.2, 0.25) is 0 Å². The van der Waals surface area contributed by atoms with E-state index >= 15 is 0 Å². The van der Waals surface area contributed by atoms with E-state index in [2.05, 4.69) is 195 Å². The zero-order chi connectivity index (χ0) is 48.1. The maximum atomic E-state index is 6.66. The summed E-state index contributed by atoms with van der Waals surface area (Å²) >= 11 is 0. The number of benzene rings is 3. The summed E-state index contributed by atoms with van der Waals surface area (Å²) in [6.45, 7) is 53.0. The highest BCUT2D eigenvalue weighted by atomic mass is 31.2. The zero-order valence-corrected chi connectivity index (χ0v) is 46.1. The van der Waals surface area contributed by atoms with Crippen molar-refractivity contribution in [1.29, 1.82) is 0 Å². The molecule has 356 valence electrons. The van der Waals surface area contributed by atoms with E-state index in [-0.39, 0.29) is 37.9 Å². The summed E-state index contributed by atoms with van der Waals surface area (Å²) in [5, 5.41) is 0. The van der Waals surface area contributed by atoms with Gasteiger partial charge in [-0.05, 0) is 100.0 Å². The van der Waals surface area contributed by atoms with Gasteiger partial charge in [0, 0.05) is 22.1 Å². The van der Waals surface area contributed by atoms with Gasteiger partial charge >= 0.3 is 17.2 Å². The van der Waals surface area contributed by atoms with Crippen LogP contribution in [0.3, 0.4) is 0 Å². The fourth-order valence-electron chi connectivity index (χ4n) is 7.43. The molecule has 3 aromatic rings. The van der Waals surface area contributed by atoms with Gasteiger partial charge in [-0.1, -0.05) is 188 Å². The molecule has 6 nitrogen and oxygen atoms in total. The first-order chi connectivity index (χ1) is 28.7. The van der Waals surface area contributed by atoms with Crippen molar-refractivity contribution < 1.29 is 27.1 Å². The van der Waals surface area contributed by atoms with E-state index in [0.29, 0.717) is 6.61 Å². The Kier molecular flexibility index (Phi) is 18.5. The lowest BCUT2D eigenvalue weighted by Gasteiger charge is -2.38. The Balaban J connectivity index is 0.000000349. The van der Waals surface area contributed by atoms with Crippen molar-refractivity contribution in [3.05, 3.63) is 87.0 Å². The standard InChI is InChI=1S/C32H51O3P.C23H39O3P/c1-16-33-36(34-27-21(2)17-23(29(4,5)6)19-25(27)31(10,11)12)35-28-22(3)18-24(30(7,8)9)20-26(28)32(13,14)15;1-9-11-14-23(10-2)16-24-27(25-17-23)26-20-13-12-18(21(3,4)5)15-19(20)22(6,7)8/h17-20H,16H2,1-15H3;12-13,15H,9-11,14,16-17H2,1-8H3. The molecule has 0 saturated carbocycles. The van der Waals surface area contributed by atoms with Crippen molar-refractivity contribution in [3.63, 3.8) is 0 Å². The molecular formula is C55H90O6P2. The lowest BCUT2D eigenvalue weighted by Crippen LogP contribution is -2.34. The molecule has 0 aromatic heterocycles. The van der Waals surface area contributed by atoms with Crippen LogP contribution in [0, 0.1) is 19.3 Å². The molecule has 1 saturated heterocycles. The highest BCUT2D eigenvalue weighted by molar-refractivity contribution is 7.42. The largest absolute Gasteiger partial charge is 0.463 e. The quantitative estimate of drug-likeness (QED) is 0.169. The van der Waals surface area contributed by atoms with E-state index in [4.69, 9.17) is 27.1 Å². The van der Waals surface area contributed by atoms with E-state index in [9.17, 15) is 0 Å². The van der Waals surface area contributed by atoms with Crippen LogP contribution in [0.25, 0.3) is 0 Å². The molecular weight excluding hydrogens is 819 g/mol. The molecule has 1 heterocycles. The van der Waals surface area contributed by atoms with Crippen LogP contribution in [0.1, 0.15) is 216 Å². The molecule has 1 aliphatic heterocycles. The van der Waals surface area contributed by atoms with Gasteiger partial charge in [0.1, 0.15) is 17.2 Å². The van der Waals surface area contributed by atoms with Crippen LogP contribution in [0.15, 0.2) is 42.5 Å². The molecule has 0 radical (unpaired) electrons. The van der Waals surface area contributed by atoms with Crippen LogP contribution < -0.4 is 13.6 Å². The third kappa shape index (κ3) is 15.4.